The molecule has 5 nitrogen and oxygen atoms in total. The van der Waals surface area contributed by atoms with E-state index in [4.69, 9.17) is 4.74 Å². The molecule has 2 saturated heterocycles. The molecule has 0 aromatic rings. The third-order valence-electron chi connectivity index (χ3n) is 4.63. The lowest BCUT2D eigenvalue weighted by molar-refractivity contribution is -0.155. The van der Waals surface area contributed by atoms with Crippen molar-refractivity contribution in [3.8, 4) is 0 Å². The fourth-order valence-corrected chi connectivity index (χ4v) is 3.30. The molecule has 0 aliphatic carbocycles. The van der Waals surface area contributed by atoms with Gasteiger partial charge in [0, 0.05) is 6.61 Å². The molecule has 0 aromatic carbocycles. The molecule has 4 unspecified atom stereocenters. The SMILES string of the molecule is CCC(C)C1C(=O)NC(CC(C)C)C(=O)N1C1CCOC1. The minimum absolute atomic E-state index is 0.00139. The van der Waals surface area contributed by atoms with E-state index in [0.29, 0.717) is 25.6 Å². The average Bonchev–Trinajstić information content (AvgIpc) is 2.94. The van der Waals surface area contributed by atoms with E-state index in [1.165, 1.54) is 0 Å². The molecule has 0 aromatic heterocycles. The van der Waals surface area contributed by atoms with E-state index in [-0.39, 0.29) is 35.9 Å². The third kappa shape index (κ3) is 3.39. The van der Waals surface area contributed by atoms with Crippen molar-refractivity contribution >= 4 is 11.8 Å². The topological polar surface area (TPSA) is 58.6 Å². The summed E-state index contributed by atoms with van der Waals surface area (Å²) in [4.78, 5) is 27.3. The van der Waals surface area contributed by atoms with Crippen LogP contribution >= 0.6 is 0 Å². The van der Waals surface area contributed by atoms with E-state index in [9.17, 15) is 9.59 Å². The van der Waals surface area contributed by atoms with Crippen LogP contribution in [-0.2, 0) is 14.3 Å². The lowest BCUT2D eigenvalue weighted by Crippen LogP contribution is -2.67. The zero-order chi connectivity index (χ0) is 15.6. The molecule has 120 valence electrons. The van der Waals surface area contributed by atoms with Gasteiger partial charge >= 0.3 is 0 Å². The molecule has 0 bridgehead atoms. The van der Waals surface area contributed by atoms with E-state index in [1.54, 1.807) is 0 Å². The number of hydrogen-bond acceptors (Lipinski definition) is 3. The van der Waals surface area contributed by atoms with Gasteiger partial charge in [-0.2, -0.15) is 0 Å². The lowest BCUT2D eigenvalue weighted by atomic mass is 9.89. The highest BCUT2D eigenvalue weighted by molar-refractivity contribution is 5.97. The van der Waals surface area contributed by atoms with Crippen LogP contribution < -0.4 is 5.32 Å². The first-order valence-corrected chi connectivity index (χ1v) is 8.16. The molecule has 0 saturated carbocycles. The standard InChI is InChI=1S/C16H28N2O3/c1-5-11(4)14-15(19)17-13(8-10(2)3)16(20)18(14)12-6-7-21-9-12/h10-14H,5-9H2,1-4H3,(H,17,19). The Labute approximate surface area is 127 Å². The van der Waals surface area contributed by atoms with Gasteiger partial charge in [0.25, 0.3) is 0 Å². The third-order valence-corrected chi connectivity index (χ3v) is 4.63. The molecule has 2 aliphatic heterocycles. The van der Waals surface area contributed by atoms with Crippen LogP contribution in [-0.4, -0.2) is 48.1 Å². The van der Waals surface area contributed by atoms with Crippen LogP contribution in [0.2, 0.25) is 0 Å². The Morgan fingerprint density at radius 3 is 2.57 bits per heavy atom. The Hall–Kier alpha value is -1.10. The Bertz CT molecular complexity index is 391. The van der Waals surface area contributed by atoms with Crippen molar-refractivity contribution in [2.24, 2.45) is 11.8 Å². The van der Waals surface area contributed by atoms with Crippen LogP contribution in [0.1, 0.15) is 47.0 Å². The first-order chi connectivity index (χ1) is 9.95. The van der Waals surface area contributed by atoms with Crippen molar-refractivity contribution in [2.45, 2.75) is 65.1 Å². The summed E-state index contributed by atoms with van der Waals surface area (Å²) in [7, 11) is 0. The smallest absolute Gasteiger partial charge is 0.246 e. The number of nitrogens with zero attached hydrogens (tertiary/aromatic N) is 1. The van der Waals surface area contributed by atoms with E-state index >= 15 is 0 Å². The average molecular weight is 296 g/mol. The van der Waals surface area contributed by atoms with Gasteiger partial charge in [0.05, 0.1) is 12.6 Å². The van der Waals surface area contributed by atoms with E-state index in [0.717, 1.165) is 12.8 Å². The quantitative estimate of drug-likeness (QED) is 0.837. The number of carbonyl (C=O) groups is 2. The summed E-state index contributed by atoms with van der Waals surface area (Å²) in [6, 6.07) is -0.673. The fraction of sp³-hybridized carbons (Fsp3) is 0.875. The highest BCUT2D eigenvalue weighted by Gasteiger charge is 2.46. The Balaban J connectivity index is 2.25. The molecule has 2 aliphatic rings. The van der Waals surface area contributed by atoms with E-state index in [1.807, 2.05) is 11.8 Å². The molecular weight excluding hydrogens is 268 g/mol. The normalized spacial score (nSPS) is 31.7. The Morgan fingerprint density at radius 1 is 1.33 bits per heavy atom. The maximum absolute atomic E-state index is 12.9. The van der Waals surface area contributed by atoms with Gasteiger partial charge in [-0.3, -0.25) is 9.59 Å². The number of amides is 2. The molecule has 4 atom stereocenters. The summed E-state index contributed by atoms with van der Waals surface area (Å²) in [6.45, 7) is 9.49. The second-order valence-corrected chi connectivity index (χ2v) is 6.78. The molecule has 2 fully saturated rings. The van der Waals surface area contributed by atoms with Gasteiger partial charge in [0.15, 0.2) is 0 Å². The predicted molar refractivity (Wildman–Crippen MR) is 80.7 cm³/mol. The van der Waals surface area contributed by atoms with Gasteiger partial charge in [-0.25, -0.2) is 0 Å². The van der Waals surface area contributed by atoms with E-state index in [2.05, 4.69) is 26.1 Å². The highest BCUT2D eigenvalue weighted by atomic mass is 16.5. The summed E-state index contributed by atoms with van der Waals surface area (Å²) in [6.07, 6.45) is 2.41. The number of piperazine rings is 1. The maximum atomic E-state index is 12.9. The second-order valence-electron chi connectivity index (χ2n) is 6.78. The van der Waals surface area contributed by atoms with Crippen LogP contribution in [0.3, 0.4) is 0 Å². The molecule has 1 N–H and O–H groups in total. The van der Waals surface area contributed by atoms with Gasteiger partial charge in [-0.1, -0.05) is 34.1 Å². The van der Waals surface area contributed by atoms with Gasteiger partial charge < -0.3 is 15.0 Å². The zero-order valence-electron chi connectivity index (χ0n) is 13.6. The van der Waals surface area contributed by atoms with Crippen molar-refractivity contribution in [1.82, 2.24) is 10.2 Å². The van der Waals surface area contributed by atoms with Crippen molar-refractivity contribution in [1.29, 1.82) is 0 Å². The minimum atomic E-state index is -0.376. The number of hydrogen-bond donors (Lipinski definition) is 1. The van der Waals surface area contributed by atoms with Crippen molar-refractivity contribution in [2.75, 3.05) is 13.2 Å². The van der Waals surface area contributed by atoms with Crippen molar-refractivity contribution < 1.29 is 14.3 Å². The molecule has 0 radical (unpaired) electrons. The maximum Gasteiger partial charge on any atom is 0.246 e. The summed E-state index contributed by atoms with van der Waals surface area (Å²) in [5, 5.41) is 2.95. The van der Waals surface area contributed by atoms with Gasteiger partial charge in [-0.05, 0) is 24.7 Å². The van der Waals surface area contributed by atoms with Gasteiger partial charge in [-0.15, -0.1) is 0 Å². The second kappa shape index (κ2) is 6.77. The van der Waals surface area contributed by atoms with E-state index < -0.39 is 0 Å². The molecule has 2 heterocycles. The van der Waals surface area contributed by atoms with Crippen LogP contribution in [0.25, 0.3) is 0 Å². The molecule has 2 amide bonds. The minimum Gasteiger partial charge on any atom is -0.379 e. The summed E-state index contributed by atoms with van der Waals surface area (Å²) in [5.41, 5.74) is 0. The zero-order valence-corrected chi connectivity index (χ0v) is 13.6. The summed E-state index contributed by atoms with van der Waals surface area (Å²) < 4.78 is 5.45. The van der Waals surface area contributed by atoms with Crippen LogP contribution in [0.15, 0.2) is 0 Å². The van der Waals surface area contributed by atoms with Crippen LogP contribution in [0.5, 0.6) is 0 Å². The molecule has 5 heteroatoms. The number of rotatable bonds is 5. The Kier molecular flexibility index (Phi) is 5.25. The predicted octanol–water partition coefficient (Wildman–Crippen LogP) is 1.56. The highest BCUT2D eigenvalue weighted by Crippen LogP contribution is 2.27. The number of ether oxygens (including phenoxy) is 1. The molecule has 21 heavy (non-hydrogen) atoms. The van der Waals surface area contributed by atoms with Gasteiger partial charge in [0.1, 0.15) is 12.1 Å². The molecule has 2 rings (SSSR count). The monoisotopic (exact) mass is 296 g/mol. The van der Waals surface area contributed by atoms with Crippen molar-refractivity contribution in [3.05, 3.63) is 0 Å². The number of carbonyl (C=O) groups excluding carboxylic acids is 2. The fourth-order valence-electron chi connectivity index (χ4n) is 3.30. The van der Waals surface area contributed by atoms with Crippen LogP contribution in [0, 0.1) is 11.8 Å². The summed E-state index contributed by atoms with van der Waals surface area (Å²) in [5.74, 6) is 0.612. The van der Waals surface area contributed by atoms with Gasteiger partial charge in [0.2, 0.25) is 11.8 Å². The largest absolute Gasteiger partial charge is 0.379 e. The lowest BCUT2D eigenvalue weighted by Gasteiger charge is -2.44. The van der Waals surface area contributed by atoms with Crippen molar-refractivity contribution in [3.63, 3.8) is 0 Å². The first-order valence-electron chi connectivity index (χ1n) is 8.16. The first kappa shape index (κ1) is 16.3. The summed E-state index contributed by atoms with van der Waals surface area (Å²) >= 11 is 0. The number of nitrogens with one attached hydrogen (secondary N) is 1. The molecule has 0 spiro atoms. The Morgan fingerprint density at radius 2 is 2.05 bits per heavy atom. The van der Waals surface area contributed by atoms with Crippen LogP contribution in [0.4, 0.5) is 0 Å². The molecular formula is C16H28N2O3.